The third-order valence-electron chi connectivity index (χ3n) is 5.62. The molecule has 2 aromatic rings. The van der Waals surface area contributed by atoms with Gasteiger partial charge in [-0.15, -0.1) is 0 Å². The molecular weight excluding hydrogens is 328 g/mol. The van der Waals surface area contributed by atoms with E-state index in [4.69, 9.17) is 0 Å². The van der Waals surface area contributed by atoms with Gasteiger partial charge in [0, 0.05) is 0 Å². The van der Waals surface area contributed by atoms with Gasteiger partial charge in [0.15, 0.2) is 0 Å². The summed E-state index contributed by atoms with van der Waals surface area (Å²) in [6.07, 6.45) is 0. The maximum absolute atomic E-state index is 2.20. The van der Waals surface area contributed by atoms with Gasteiger partial charge in [0.2, 0.25) is 0 Å². The molecule has 0 unspecified atom stereocenters. The minimum Gasteiger partial charge on any atom is -0.196 e. The first kappa shape index (κ1) is 21.2. The van der Waals surface area contributed by atoms with Gasteiger partial charge in [0.1, 0.15) is 0 Å². The molecule has 0 saturated heterocycles. The van der Waals surface area contributed by atoms with Crippen LogP contribution in [-0.2, 0) is 0 Å². The summed E-state index contributed by atoms with van der Waals surface area (Å²) in [7, 11) is 0. The van der Waals surface area contributed by atoms with Crippen LogP contribution in [0.4, 0.5) is 0 Å². The molecule has 2 aromatic carbocycles. The summed E-state index contributed by atoms with van der Waals surface area (Å²) in [6, 6.07) is 0. The van der Waals surface area contributed by atoms with Gasteiger partial charge in [-0.2, -0.15) is 55.6 Å². The van der Waals surface area contributed by atoms with Crippen molar-refractivity contribution >= 4 is 45.5 Å². The molecule has 0 aromatic heterocycles. The van der Waals surface area contributed by atoms with E-state index in [0.717, 1.165) is 0 Å². The molecule has 0 amide bonds. The molecule has 0 aliphatic carbocycles. The Morgan fingerprint density at radius 1 is 0.429 bits per heavy atom. The Hall–Kier alpha value is 0.181. The van der Waals surface area contributed by atoms with E-state index in [1.807, 2.05) is 0 Å². The number of hydrogen-bond acceptors (Lipinski definition) is 0. The minimum absolute atomic E-state index is 0. The first-order valence-electron chi connectivity index (χ1n) is 7.50. The summed E-state index contributed by atoms with van der Waals surface area (Å²) in [5.74, 6) is 0. The number of rotatable bonds is 0. The van der Waals surface area contributed by atoms with Crippen LogP contribution in [0.5, 0.6) is 0 Å². The van der Waals surface area contributed by atoms with E-state index in [2.05, 4.69) is 69.2 Å². The Morgan fingerprint density at radius 3 is 0.619 bits per heavy atom. The first-order chi connectivity index (χ1) is 9.11. The zero-order valence-corrected chi connectivity index (χ0v) is 19.2. The van der Waals surface area contributed by atoms with E-state index < -0.39 is 0 Å². The van der Waals surface area contributed by atoms with Crippen molar-refractivity contribution in [1.29, 1.82) is 0 Å². The molecule has 2 rings (SSSR count). The second-order valence-electron chi connectivity index (χ2n) is 6.25. The van der Waals surface area contributed by atoms with Gasteiger partial charge in [0.25, 0.3) is 0 Å². The summed E-state index contributed by atoms with van der Waals surface area (Å²) in [6.45, 7) is 22.0. The molecule has 0 nitrogen and oxygen atoms in total. The van der Waals surface area contributed by atoms with E-state index in [-0.39, 0.29) is 45.5 Å². The van der Waals surface area contributed by atoms with Crippen molar-refractivity contribution in [3.8, 4) is 0 Å². The zero-order chi connectivity index (χ0) is 15.8. The van der Waals surface area contributed by atoms with Gasteiger partial charge in [0.05, 0.1) is 0 Å². The summed E-state index contributed by atoms with van der Waals surface area (Å²) in [5.41, 5.74) is 14.7. The minimum atomic E-state index is 0. The Balaban J connectivity index is 0.000000364. The molecule has 0 aliphatic heterocycles. The van der Waals surface area contributed by atoms with Gasteiger partial charge in [-0.25, -0.2) is 0 Å². The van der Waals surface area contributed by atoms with Crippen LogP contribution in [0, 0.1) is 69.2 Å². The fourth-order valence-corrected chi connectivity index (χ4v) is 2.81. The van der Waals surface area contributed by atoms with Crippen LogP contribution in [0.15, 0.2) is 0 Å². The van der Waals surface area contributed by atoms with E-state index in [1.165, 1.54) is 55.6 Å². The fourth-order valence-electron chi connectivity index (χ4n) is 2.81. The Morgan fingerprint density at radius 2 is 0.571 bits per heavy atom. The Labute approximate surface area is 169 Å². The van der Waals surface area contributed by atoms with Gasteiger partial charge >= 0.3 is 45.5 Å². The molecule has 0 radical (unpaired) electrons. The standard InChI is InChI=1S/2C10H15.Sr/c2*1-6-7(2)9(4)10(5)8(6)3;/h2*1-5H3;/q2*-1;+2. The average Bonchev–Trinajstić information content (AvgIpc) is 2.71. The third kappa shape index (κ3) is 4.13. The molecule has 0 aliphatic rings. The van der Waals surface area contributed by atoms with E-state index in [0.29, 0.717) is 0 Å². The van der Waals surface area contributed by atoms with E-state index in [1.54, 1.807) is 0 Å². The summed E-state index contributed by atoms with van der Waals surface area (Å²) in [5, 5.41) is 0. The van der Waals surface area contributed by atoms with Crippen LogP contribution in [0.3, 0.4) is 0 Å². The molecule has 0 fully saturated rings. The van der Waals surface area contributed by atoms with Crippen molar-refractivity contribution in [3.05, 3.63) is 55.6 Å². The molecule has 1 heteroatoms. The second-order valence-corrected chi connectivity index (χ2v) is 6.25. The van der Waals surface area contributed by atoms with Crippen LogP contribution in [0.1, 0.15) is 55.6 Å². The molecule has 0 saturated carbocycles. The zero-order valence-electron chi connectivity index (χ0n) is 15.7. The predicted molar refractivity (Wildman–Crippen MR) is 97.2 cm³/mol. The molecule has 112 valence electrons. The van der Waals surface area contributed by atoms with Gasteiger partial charge in [-0.3, -0.25) is 0 Å². The Bertz CT molecular complexity index is 404. The molecule has 0 N–H and O–H groups in total. The van der Waals surface area contributed by atoms with Gasteiger partial charge in [-0.1, -0.05) is 69.2 Å². The average molecular weight is 358 g/mol. The smallest absolute Gasteiger partial charge is 0.196 e. The van der Waals surface area contributed by atoms with E-state index >= 15 is 0 Å². The van der Waals surface area contributed by atoms with Crippen molar-refractivity contribution in [1.82, 2.24) is 0 Å². The van der Waals surface area contributed by atoms with Crippen molar-refractivity contribution in [2.75, 3.05) is 0 Å². The fraction of sp³-hybridized carbons (Fsp3) is 0.500. The summed E-state index contributed by atoms with van der Waals surface area (Å²) < 4.78 is 0. The SMILES string of the molecule is Cc1c(C)c(C)[c-](C)c1C.Cc1c(C)c(C)[c-](C)c1C.[Sr+2]. The first-order valence-corrected chi connectivity index (χ1v) is 7.50. The molecule has 21 heavy (non-hydrogen) atoms. The molecule has 0 spiro atoms. The van der Waals surface area contributed by atoms with Gasteiger partial charge in [-0.05, 0) is 0 Å². The van der Waals surface area contributed by atoms with Gasteiger partial charge < -0.3 is 0 Å². The van der Waals surface area contributed by atoms with Crippen molar-refractivity contribution in [2.45, 2.75) is 69.2 Å². The van der Waals surface area contributed by atoms with Crippen molar-refractivity contribution in [3.63, 3.8) is 0 Å². The summed E-state index contributed by atoms with van der Waals surface area (Å²) in [4.78, 5) is 0. The van der Waals surface area contributed by atoms with Crippen LogP contribution >= 0.6 is 0 Å². The van der Waals surface area contributed by atoms with Crippen LogP contribution in [0.25, 0.3) is 0 Å². The van der Waals surface area contributed by atoms with Crippen molar-refractivity contribution < 1.29 is 0 Å². The van der Waals surface area contributed by atoms with Crippen LogP contribution in [0.2, 0.25) is 0 Å². The monoisotopic (exact) mass is 358 g/mol. The molecule has 0 heterocycles. The molecule has 0 atom stereocenters. The quantitative estimate of drug-likeness (QED) is 0.430. The maximum Gasteiger partial charge on any atom is 2.00 e. The van der Waals surface area contributed by atoms with E-state index in [9.17, 15) is 0 Å². The third-order valence-corrected chi connectivity index (χ3v) is 5.62. The predicted octanol–water partition coefficient (Wildman–Crippen LogP) is 5.51. The summed E-state index contributed by atoms with van der Waals surface area (Å²) >= 11 is 0. The second kappa shape index (κ2) is 8.15. The normalized spacial score (nSPS) is 10.0. The van der Waals surface area contributed by atoms with Crippen LogP contribution in [-0.4, -0.2) is 45.5 Å². The van der Waals surface area contributed by atoms with Crippen molar-refractivity contribution in [2.24, 2.45) is 0 Å². The largest absolute Gasteiger partial charge is 2.00 e. The number of hydrogen-bond donors (Lipinski definition) is 0. The molecular formula is C20H30Sr. The topological polar surface area (TPSA) is 0 Å². The molecule has 0 bridgehead atoms. The Kier molecular flexibility index (Phi) is 8.22. The maximum atomic E-state index is 2.20. The van der Waals surface area contributed by atoms with Crippen LogP contribution < -0.4 is 0 Å².